The third-order valence-corrected chi connectivity index (χ3v) is 3.91. The van der Waals surface area contributed by atoms with Gasteiger partial charge in [-0.1, -0.05) is 44.2 Å². The second kappa shape index (κ2) is 7.77. The zero-order chi connectivity index (χ0) is 16.8. The summed E-state index contributed by atoms with van der Waals surface area (Å²) in [5, 5.41) is 2.96. The molecule has 1 heterocycles. The summed E-state index contributed by atoms with van der Waals surface area (Å²) in [6, 6.07) is 14.4. The number of benzene rings is 1. The number of hydrogen-bond donors (Lipinski definition) is 1. The number of carbonyl (C=O) groups excluding carboxylic acids is 1. The molecule has 0 spiro atoms. The Morgan fingerprint density at radius 3 is 2.26 bits per heavy atom. The van der Waals surface area contributed by atoms with Crippen LogP contribution in [0.3, 0.4) is 0 Å². The molecular formula is C19H25N3O. The highest BCUT2D eigenvalue weighted by Crippen LogP contribution is 2.24. The molecule has 1 unspecified atom stereocenters. The lowest BCUT2D eigenvalue weighted by molar-refractivity contribution is 0.217. The molecule has 0 aliphatic carbocycles. The normalized spacial score (nSPS) is 12.0. The third kappa shape index (κ3) is 4.55. The average Bonchev–Trinajstić information content (AvgIpc) is 2.56. The van der Waals surface area contributed by atoms with E-state index in [4.69, 9.17) is 0 Å². The van der Waals surface area contributed by atoms with Crippen LogP contribution in [0, 0.1) is 0 Å². The van der Waals surface area contributed by atoms with E-state index in [1.54, 1.807) is 20.3 Å². The van der Waals surface area contributed by atoms with Crippen molar-refractivity contribution in [1.29, 1.82) is 0 Å². The second-order valence-corrected chi connectivity index (χ2v) is 6.21. The lowest BCUT2D eigenvalue weighted by Crippen LogP contribution is -2.37. The maximum absolute atomic E-state index is 11.8. The molecule has 2 rings (SSSR count). The highest BCUT2D eigenvalue weighted by molar-refractivity contribution is 5.73. The molecule has 1 aromatic carbocycles. The Kier molecular flexibility index (Phi) is 5.74. The average molecular weight is 311 g/mol. The summed E-state index contributed by atoms with van der Waals surface area (Å²) in [6.45, 7) is 4.89. The van der Waals surface area contributed by atoms with E-state index in [1.807, 2.05) is 18.2 Å². The Hall–Kier alpha value is -2.36. The Balaban J connectivity index is 2.24. The monoisotopic (exact) mass is 311 g/mol. The van der Waals surface area contributed by atoms with Gasteiger partial charge in [-0.25, -0.2) is 4.79 Å². The molecule has 1 N–H and O–H groups in total. The SMILES string of the molecule is CC(C)c1ccc(C(CNC(=O)N(C)C)c2ccccn2)cc1. The van der Waals surface area contributed by atoms with Crippen LogP contribution in [0.25, 0.3) is 0 Å². The summed E-state index contributed by atoms with van der Waals surface area (Å²) in [6.07, 6.45) is 1.79. The number of rotatable bonds is 5. The predicted molar refractivity (Wildman–Crippen MR) is 93.7 cm³/mol. The predicted octanol–water partition coefficient (Wildman–Crippen LogP) is 3.61. The van der Waals surface area contributed by atoms with Crippen molar-refractivity contribution in [2.45, 2.75) is 25.7 Å². The number of hydrogen-bond acceptors (Lipinski definition) is 2. The van der Waals surface area contributed by atoms with Crippen molar-refractivity contribution < 1.29 is 4.79 Å². The summed E-state index contributed by atoms with van der Waals surface area (Å²) in [5.41, 5.74) is 3.43. The third-order valence-electron chi connectivity index (χ3n) is 3.91. The molecule has 4 heteroatoms. The van der Waals surface area contributed by atoms with Gasteiger partial charge in [0.15, 0.2) is 0 Å². The van der Waals surface area contributed by atoms with Gasteiger partial charge in [0.2, 0.25) is 0 Å². The lowest BCUT2D eigenvalue weighted by atomic mass is 9.92. The summed E-state index contributed by atoms with van der Waals surface area (Å²) >= 11 is 0. The van der Waals surface area contributed by atoms with Crippen molar-refractivity contribution in [3.05, 3.63) is 65.5 Å². The van der Waals surface area contributed by atoms with Crippen LogP contribution in [0.2, 0.25) is 0 Å². The number of amides is 2. The Morgan fingerprint density at radius 2 is 1.74 bits per heavy atom. The highest BCUT2D eigenvalue weighted by atomic mass is 16.2. The highest BCUT2D eigenvalue weighted by Gasteiger charge is 2.17. The van der Waals surface area contributed by atoms with Crippen molar-refractivity contribution in [3.63, 3.8) is 0 Å². The van der Waals surface area contributed by atoms with Gasteiger partial charge >= 0.3 is 6.03 Å². The van der Waals surface area contributed by atoms with Gasteiger partial charge < -0.3 is 10.2 Å². The molecule has 1 aromatic heterocycles. The van der Waals surface area contributed by atoms with Gasteiger partial charge in [0.25, 0.3) is 0 Å². The number of carbonyl (C=O) groups is 1. The van der Waals surface area contributed by atoms with Crippen molar-refractivity contribution in [1.82, 2.24) is 15.2 Å². The maximum atomic E-state index is 11.8. The van der Waals surface area contributed by atoms with Gasteiger partial charge in [0, 0.05) is 38.4 Å². The number of pyridine rings is 1. The van der Waals surface area contributed by atoms with E-state index >= 15 is 0 Å². The molecule has 122 valence electrons. The minimum atomic E-state index is -0.0928. The first-order valence-electron chi connectivity index (χ1n) is 7.95. The zero-order valence-electron chi connectivity index (χ0n) is 14.3. The van der Waals surface area contributed by atoms with Crippen LogP contribution in [0.15, 0.2) is 48.7 Å². The Bertz CT molecular complexity index is 621. The van der Waals surface area contributed by atoms with E-state index in [0.717, 1.165) is 11.3 Å². The van der Waals surface area contributed by atoms with Crippen LogP contribution in [-0.4, -0.2) is 36.6 Å². The fraction of sp³-hybridized carbons (Fsp3) is 0.368. The minimum absolute atomic E-state index is 0.0429. The van der Waals surface area contributed by atoms with Crippen molar-refractivity contribution in [3.8, 4) is 0 Å². The van der Waals surface area contributed by atoms with E-state index in [-0.39, 0.29) is 11.9 Å². The number of aromatic nitrogens is 1. The fourth-order valence-electron chi connectivity index (χ4n) is 2.44. The molecule has 0 saturated carbocycles. The van der Waals surface area contributed by atoms with Gasteiger partial charge in [0.05, 0.1) is 0 Å². The standard InChI is InChI=1S/C19H25N3O/c1-14(2)15-8-10-16(11-9-15)17(13-21-19(23)22(3)4)18-7-5-6-12-20-18/h5-12,14,17H,13H2,1-4H3,(H,21,23). The quantitative estimate of drug-likeness (QED) is 0.917. The maximum Gasteiger partial charge on any atom is 0.316 e. The van der Waals surface area contributed by atoms with Crippen LogP contribution in [0.1, 0.15) is 42.5 Å². The molecule has 0 radical (unpaired) electrons. The molecule has 2 aromatic rings. The number of nitrogens with zero attached hydrogens (tertiary/aromatic N) is 2. The van der Waals surface area contributed by atoms with Crippen molar-refractivity contribution in [2.24, 2.45) is 0 Å². The number of urea groups is 1. The van der Waals surface area contributed by atoms with E-state index in [1.165, 1.54) is 10.5 Å². The zero-order valence-corrected chi connectivity index (χ0v) is 14.3. The largest absolute Gasteiger partial charge is 0.337 e. The molecule has 0 saturated heterocycles. The molecule has 0 bridgehead atoms. The van der Waals surface area contributed by atoms with Crippen molar-refractivity contribution >= 4 is 6.03 Å². The summed E-state index contributed by atoms with van der Waals surface area (Å²) in [5.74, 6) is 0.548. The molecular weight excluding hydrogens is 286 g/mol. The first-order valence-corrected chi connectivity index (χ1v) is 7.95. The molecule has 1 atom stereocenters. The number of nitrogens with one attached hydrogen (secondary N) is 1. The van der Waals surface area contributed by atoms with Gasteiger partial charge in [-0.15, -0.1) is 0 Å². The van der Waals surface area contributed by atoms with Crippen molar-refractivity contribution in [2.75, 3.05) is 20.6 Å². The van der Waals surface area contributed by atoms with Gasteiger partial charge in [-0.05, 0) is 29.2 Å². The minimum Gasteiger partial charge on any atom is -0.337 e. The van der Waals surface area contributed by atoms with E-state index in [2.05, 4.69) is 48.4 Å². The van der Waals surface area contributed by atoms with Crippen LogP contribution in [0.4, 0.5) is 4.79 Å². The fourth-order valence-corrected chi connectivity index (χ4v) is 2.44. The first-order chi connectivity index (χ1) is 11.0. The van der Waals surface area contributed by atoms with Crippen LogP contribution in [-0.2, 0) is 0 Å². The van der Waals surface area contributed by atoms with Crippen LogP contribution >= 0.6 is 0 Å². The molecule has 4 nitrogen and oxygen atoms in total. The second-order valence-electron chi connectivity index (χ2n) is 6.21. The topological polar surface area (TPSA) is 45.2 Å². The summed E-state index contributed by atoms with van der Waals surface area (Å²) < 4.78 is 0. The summed E-state index contributed by atoms with van der Waals surface area (Å²) in [4.78, 5) is 17.9. The van der Waals surface area contributed by atoms with Gasteiger partial charge in [-0.2, -0.15) is 0 Å². The van der Waals surface area contributed by atoms with E-state index in [9.17, 15) is 4.79 Å². The van der Waals surface area contributed by atoms with Gasteiger partial charge in [-0.3, -0.25) is 4.98 Å². The van der Waals surface area contributed by atoms with E-state index in [0.29, 0.717) is 12.5 Å². The molecule has 0 aliphatic heterocycles. The van der Waals surface area contributed by atoms with Crippen LogP contribution < -0.4 is 5.32 Å². The lowest BCUT2D eigenvalue weighted by Gasteiger charge is -2.20. The molecule has 0 fully saturated rings. The molecule has 2 amide bonds. The Labute approximate surface area is 138 Å². The smallest absolute Gasteiger partial charge is 0.316 e. The molecule has 23 heavy (non-hydrogen) atoms. The Morgan fingerprint density at radius 1 is 1.09 bits per heavy atom. The van der Waals surface area contributed by atoms with Gasteiger partial charge in [0.1, 0.15) is 0 Å². The first kappa shape index (κ1) is 17.0. The molecule has 0 aliphatic rings. The van der Waals surface area contributed by atoms with Crippen LogP contribution in [0.5, 0.6) is 0 Å². The van der Waals surface area contributed by atoms with E-state index < -0.39 is 0 Å². The summed E-state index contributed by atoms with van der Waals surface area (Å²) in [7, 11) is 3.48.